The van der Waals surface area contributed by atoms with Gasteiger partial charge in [-0.05, 0) is 30.7 Å². The zero-order chi connectivity index (χ0) is 18.0. The first-order valence-corrected chi connectivity index (χ1v) is 8.99. The highest BCUT2D eigenvalue weighted by Gasteiger charge is 2.41. The van der Waals surface area contributed by atoms with Crippen molar-refractivity contribution in [3.05, 3.63) is 17.0 Å². The van der Waals surface area contributed by atoms with E-state index in [1.165, 1.54) is 23.3 Å². The SMILES string of the molecule is COC(=O)c1ccsc1N1CCC(NC(=O)C2(N)CCOCC2)C1=O.Cl. The minimum absolute atomic E-state index is 0. The molecule has 2 amide bonds. The number of nitrogens with one attached hydrogen (secondary N) is 1. The van der Waals surface area contributed by atoms with Crippen molar-refractivity contribution in [3.63, 3.8) is 0 Å². The molecule has 8 nitrogen and oxygen atoms in total. The first kappa shape index (κ1) is 20.6. The van der Waals surface area contributed by atoms with Gasteiger partial charge in [0.25, 0.3) is 0 Å². The van der Waals surface area contributed by atoms with Gasteiger partial charge in [-0.15, -0.1) is 23.7 Å². The third kappa shape index (κ3) is 3.85. The van der Waals surface area contributed by atoms with Crippen molar-refractivity contribution in [3.8, 4) is 0 Å². The molecule has 3 heterocycles. The Labute approximate surface area is 161 Å². The lowest BCUT2D eigenvalue weighted by atomic mass is 9.90. The van der Waals surface area contributed by atoms with Gasteiger partial charge in [0.1, 0.15) is 11.0 Å². The number of halogens is 1. The van der Waals surface area contributed by atoms with Crippen LogP contribution >= 0.6 is 23.7 Å². The zero-order valence-electron chi connectivity index (χ0n) is 14.4. The van der Waals surface area contributed by atoms with Gasteiger partial charge in [-0.1, -0.05) is 0 Å². The summed E-state index contributed by atoms with van der Waals surface area (Å²) < 4.78 is 9.99. The van der Waals surface area contributed by atoms with Crippen molar-refractivity contribution in [2.75, 3.05) is 31.8 Å². The minimum Gasteiger partial charge on any atom is -0.465 e. The summed E-state index contributed by atoms with van der Waals surface area (Å²) in [4.78, 5) is 38.5. The molecule has 0 spiro atoms. The lowest BCUT2D eigenvalue weighted by Gasteiger charge is -2.32. The summed E-state index contributed by atoms with van der Waals surface area (Å²) in [7, 11) is 1.30. The summed E-state index contributed by atoms with van der Waals surface area (Å²) in [5, 5.41) is 5.05. The molecule has 2 aliphatic rings. The normalized spacial score (nSPS) is 21.8. The maximum atomic E-state index is 12.7. The Kier molecular flexibility index (Phi) is 6.62. The summed E-state index contributed by atoms with van der Waals surface area (Å²) in [5.74, 6) is -1.05. The fourth-order valence-electron chi connectivity index (χ4n) is 3.06. The molecule has 3 rings (SSSR count). The molecule has 1 unspecified atom stereocenters. The fourth-order valence-corrected chi connectivity index (χ4v) is 3.98. The number of hydrogen-bond donors (Lipinski definition) is 2. The van der Waals surface area contributed by atoms with Crippen molar-refractivity contribution in [2.24, 2.45) is 5.73 Å². The molecule has 0 bridgehead atoms. The predicted octanol–water partition coefficient (Wildman–Crippen LogP) is 0.686. The molecule has 1 atom stereocenters. The Morgan fingerprint density at radius 3 is 2.77 bits per heavy atom. The van der Waals surface area contributed by atoms with Crippen LogP contribution in [0.1, 0.15) is 29.6 Å². The molecule has 3 N–H and O–H groups in total. The molecule has 2 fully saturated rings. The Balaban J connectivity index is 0.00000243. The quantitative estimate of drug-likeness (QED) is 0.715. The maximum Gasteiger partial charge on any atom is 0.340 e. The number of thiophene rings is 1. The van der Waals surface area contributed by atoms with Crippen molar-refractivity contribution in [1.29, 1.82) is 0 Å². The maximum absolute atomic E-state index is 12.7. The Hall–Kier alpha value is -1.68. The van der Waals surface area contributed by atoms with Crippen LogP contribution in [0.2, 0.25) is 0 Å². The molecular weight excluding hydrogens is 382 g/mol. The third-order valence-electron chi connectivity index (χ3n) is 4.64. The van der Waals surface area contributed by atoms with Crippen LogP contribution in [0.3, 0.4) is 0 Å². The molecule has 26 heavy (non-hydrogen) atoms. The molecule has 2 aliphatic heterocycles. The first-order valence-electron chi connectivity index (χ1n) is 8.11. The van der Waals surface area contributed by atoms with E-state index in [0.717, 1.165) is 0 Å². The van der Waals surface area contributed by atoms with E-state index in [-0.39, 0.29) is 24.2 Å². The van der Waals surface area contributed by atoms with Gasteiger partial charge in [0, 0.05) is 19.8 Å². The van der Waals surface area contributed by atoms with Crippen LogP contribution in [0.15, 0.2) is 11.4 Å². The van der Waals surface area contributed by atoms with E-state index < -0.39 is 17.6 Å². The highest BCUT2D eigenvalue weighted by atomic mass is 35.5. The van der Waals surface area contributed by atoms with E-state index in [1.54, 1.807) is 11.4 Å². The lowest BCUT2D eigenvalue weighted by Crippen LogP contribution is -2.59. The highest BCUT2D eigenvalue weighted by molar-refractivity contribution is 7.14. The molecule has 2 saturated heterocycles. The van der Waals surface area contributed by atoms with Gasteiger partial charge in [-0.3, -0.25) is 9.59 Å². The standard InChI is InChI=1S/C16H21N3O5S.ClH/c1-23-14(21)10-3-9-25-13(10)19-6-2-11(12(19)20)18-15(22)16(17)4-7-24-8-5-16;/h3,9,11H,2,4-8,17H2,1H3,(H,18,22);1H. The molecule has 144 valence electrons. The summed E-state index contributed by atoms with van der Waals surface area (Å²) in [5.41, 5.74) is 5.52. The Bertz CT molecular complexity index is 689. The molecule has 0 aromatic carbocycles. The Morgan fingerprint density at radius 2 is 2.12 bits per heavy atom. The van der Waals surface area contributed by atoms with Gasteiger partial charge < -0.3 is 25.4 Å². The summed E-state index contributed by atoms with van der Waals surface area (Å²) >= 11 is 1.29. The second-order valence-corrected chi connectivity index (χ2v) is 7.10. The number of amides is 2. The predicted molar refractivity (Wildman–Crippen MR) is 98.8 cm³/mol. The molecule has 1 aromatic rings. The van der Waals surface area contributed by atoms with Gasteiger partial charge >= 0.3 is 5.97 Å². The summed E-state index contributed by atoms with van der Waals surface area (Å²) in [6.07, 6.45) is 1.33. The smallest absolute Gasteiger partial charge is 0.340 e. The van der Waals surface area contributed by atoms with Crippen LogP contribution in [0.5, 0.6) is 0 Å². The third-order valence-corrected chi connectivity index (χ3v) is 5.58. The van der Waals surface area contributed by atoms with E-state index in [0.29, 0.717) is 49.6 Å². The van der Waals surface area contributed by atoms with Crippen LogP contribution in [0.25, 0.3) is 0 Å². The van der Waals surface area contributed by atoms with Gasteiger partial charge in [-0.2, -0.15) is 0 Å². The second-order valence-electron chi connectivity index (χ2n) is 6.20. The van der Waals surface area contributed by atoms with Crippen molar-refractivity contribution in [1.82, 2.24) is 5.32 Å². The molecule has 10 heteroatoms. The molecule has 0 aliphatic carbocycles. The second kappa shape index (κ2) is 8.34. The number of hydrogen-bond acceptors (Lipinski definition) is 7. The number of carbonyl (C=O) groups is 3. The number of ether oxygens (including phenoxy) is 2. The monoisotopic (exact) mass is 403 g/mol. The number of anilines is 1. The van der Waals surface area contributed by atoms with Crippen LogP contribution in [-0.2, 0) is 19.1 Å². The number of nitrogens with two attached hydrogens (primary N) is 1. The number of esters is 1. The topological polar surface area (TPSA) is 111 Å². The number of methoxy groups -OCH3 is 1. The van der Waals surface area contributed by atoms with Crippen LogP contribution in [-0.4, -0.2) is 56.2 Å². The van der Waals surface area contributed by atoms with Gasteiger partial charge in [0.15, 0.2) is 0 Å². The van der Waals surface area contributed by atoms with Crippen molar-refractivity contribution >= 4 is 46.5 Å². The van der Waals surface area contributed by atoms with Crippen molar-refractivity contribution in [2.45, 2.75) is 30.8 Å². The van der Waals surface area contributed by atoms with Crippen LogP contribution in [0, 0.1) is 0 Å². The number of carbonyl (C=O) groups excluding carboxylic acids is 3. The zero-order valence-corrected chi connectivity index (χ0v) is 16.0. The van der Waals surface area contributed by atoms with Crippen molar-refractivity contribution < 1.29 is 23.9 Å². The fraction of sp³-hybridized carbons (Fsp3) is 0.562. The number of rotatable bonds is 4. The molecule has 0 saturated carbocycles. The van der Waals surface area contributed by atoms with Gasteiger partial charge in [-0.25, -0.2) is 4.79 Å². The summed E-state index contributed by atoms with van der Waals surface area (Å²) in [6.45, 7) is 1.30. The van der Waals surface area contributed by atoms with E-state index in [2.05, 4.69) is 5.32 Å². The highest BCUT2D eigenvalue weighted by Crippen LogP contribution is 2.32. The van der Waals surface area contributed by atoms with E-state index in [1.807, 2.05) is 0 Å². The van der Waals surface area contributed by atoms with E-state index >= 15 is 0 Å². The lowest BCUT2D eigenvalue weighted by molar-refractivity contribution is -0.132. The van der Waals surface area contributed by atoms with Gasteiger partial charge in [0.05, 0.1) is 18.2 Å². The molecule has 1 aromatic heterocycles. The average molecular weight is 404 g/mol. The first-order chi connectivity index (χ1) is 12.0. The molecular formula is C16H22ClN3O5S. The van der Waals surface area contributed by atoms with Crippen LogP contribution in [0.4, 0.5) is 5.00 Å². The largest absolute Gasteiger partial charge is 0.465 e. The summed E-state index contributed by atoms with van der Waals surface area (Å²) in [6, 6.07) is 0.991. The average Bonchev–Trinajstić information content (AvgIpc) is 3.22. The van der Waals surface area contributed by atoms with E-state index in [9.17, 15) is 14.4 Å². The molecule has 0 radical (unpaired) electrons. The number of nitrogens with zero attached hydrogens (tertiary/aromatic N) is 1. The van der Waals surface area contributed by atoms with Crippen LogP contribution < -0.4 is 16.0 Å². The van der Waals surface area contributed by atoms with E-state index in [4.69, 9.17) is 15.2 Å². The Morgan fingerprint density at radius 1 is 1.42 bits per heavy atom. The minimum atomic E-state index is -0.994. The van der Waals surface area contributed by atoms with Gasteiger partial charge in [0.2, 0.25) is 11.8 Å².